The Hall–Kier alpha value is -2.59. The van der Waals surface area contributed by atoms with Gasteiger partial charge in [-0.1, -0.05) is 37.3 Å². The van der Waals surface area contributed by atoms with Crippen molar-refractivity contribution in [1.29, 1.82) is 0 Å². The van der Waals surface area contributed by atoms with Crippen molar-refractivity contribution in [2.24, 2.45) is 0 Å². The van der Waals surface area contributed by atoms with Crippen molar-refractivity contribution in [3.63, 3.8) is 0 Å². The highest BCUT2D eigenvalue weighted by molar-refractivity contribution is 6.02. The zero-order chi connectivity index (χ0) is 18.4. The number of piperazine rings is 1. The lowest BCUT2D eigenvalue weighted by atomic mass is 10.1. The molecule has 2 aromatic rings. The van der Waals surface area contributed by atoms with Crippen molar-refractivity contribution in [1.82, 2.24) is 4.90 Å². The molecule has 0 bridgehead atoms. The van der Waals surface area contributed by atoms with Gasteiger partial charge in [0, 0.05) is 43.6 Å². The monoisotopic (exact) mass is 349 g/mol. The number of hydrogen-bond acceptors (Lipinski definition) is 3. The van der Waals surface area contributed by atoms with E-state index < -0.39 is 0 Å². The summed E-state index contributed by atoms with van der Waals surface area (Å²) >= 11 is 0. The van der Waals surface area contributed by atoms with E-state index in [1.165, 1.54) is 11.3 Å². The molecule has 1 aliphatic heterocycles. The minimum Gasteiger partial charge on any atom is -0.369 e. The SMILES string of the molecule is CCN1CCN(c2ccc(NC(=O)/C=C/c3ccccc3)cc2C)CC1. The van der Waals surface area contributed by atoms with Gasteiger partial charge in [-0.15, -0.1) is 0 Å². The molecule has 1 amide bonds. The van der Waals surface area contributed by atoms with Crippen molar-refractivity contribution in [3.05, 3.63) is 65.7 Å². The van der Waals surface area contributed by atoms with E-state index in [-0.39, 0.29) is 5.91 Å². The normalized spacial score (nSPS) is 15.4. The van der Waals surface area contributed by atoms with Gasteiger partial charge >= 0.3 is 0 Å². The molecule has 0 radical (unpaired) electrons. The molecule has 4 nitrogen and oxygen atoms in total. The Morgan fingerprint density at radius 3 is 2.46 bits per heavy atom. The van der Waals surface area contributed by atoms with Gasteiger partial charge in [-0.3, -0.25) is 4.79 Å². The van der Waals surface area contributed by atoms with Gasteiger partial charge < -0.3 is 15.1 Å². The van der Waals surface area contributed by atoms with Crippen molar-refractivity contribution in [2.45, 2.75) is 13.8 Å². The molecule has 1 heterocycles. The van der Waals surface area contributed by atoms with Crippen molar-refractivity contribution < 1.29 is 4.79 Å². The number of hydrogen-bond donors (Lipinski definition) is 1. The van der Waals surface area contributed by atoms with Crippen molar-refractivity contribution in [2.75, 3.05) is 42.9 Å². The van der Waals surface area contributed by atoms with Crippen LogP contribution in [-0.4, -0.2) is 43.5 Å². The molecule has 1 aliphatic rings. The van der Waals surface area contributed by atoms with Crippen LogP contribution in [0.3, 0.4) is 0 Å². The summed E-state index contributed by atoms with van der Waals surface area (Å²) in [5.74, 6) is -0.113. The van der Waals surface area contributed by atoms with Gasteiger partial charge in [0.15, 0.2) is 0 Å². The van der Waals surface area contributed by atoms with Crippen molar-refractivity contribution in [3.8, 4) is 0 Å². The van der Waals surface area contributed by atoms with Crippen LogP contribution >= 0.6 is 0 Å². The minimum absolute atomic E-state index is 0.113. The molecule has 0 atom stereocenters. The van der Waals surface area contributed by atoms with E-state index in [9.17, 15) is 4.79 Å². The van der Waals surface area contributed by atoms with E-state index >= 15 is 0 Å². The van der Waals surface area contributed by atoms with Gasteiger partial charge in [0.05, 0.1) is 0 Å². The summed E-state index contributed by atoms with van der Waals surface area (Å²) in [6, 6.07) is 16.0. The molecular weight excluding hydrogens is 322 g/mol. The molecule has 1 saturated heterocycles. The molecule has 0 spiro atoms. The van der Waals surface area contributed by atoms with Crippen LogP contribution in [0.25, 0.3) is 6.08 Å². The first-order valence-electron chi connectivity index (χ1n) is 9.28. The third-order valence-corrected chi connectivity index (χ3v) is 4.85. The third kappa shape index (κ3) is 4.73. The summed E-state index contributed by atoms with van der Waals surface area (Å²) in [5.41, 5.74) is 4.31. The quantitative estimate of drug-likeness (QED) is 0.834. The number of anilines is 2. The molecule has 4 heteroatoms. The number of likely N-dealkylation sites (N-methyl/N-ethyl adjacent to an activating group) is 1. The first-order chi connectivity index (χ1) is 12.7. The molecular formula is C22H27N3O. The van der Waals surface area contributed by atoms with Crippen molar-refractivity contribution >= 4 is 23.4 Å². The average molecular weight is 349 g/mol. The summed E-state index contributed by atoms with van der Waals surface area (Å²) in [7, 11) is 0. The van der Waals surface area contributed by atoms with Crippen LogP contribution in [0, 0.1) is 6.92 Å². The largest absolute Gasteiger partial charge is 0.369 e. The Kier molecular flexibility index (Phi) is 6.08. The van der Waals surface area contributed by atoms with Crippen LogP contribution < -0.4 is 10.2 Å². The second-order valence-electron chi connectivity index (χ2n) is 6.66. The number of carbonyl (C=O) groups excluding carboxylic acids is 1. The highest BCUT2D eigenvalue weighted by Crippen LogP contribution is 2.24. The Balaban J connectivity index is 1.60. The number of benzene rings is 2. The zero-order valence-electron chi connectivity index (χ0n) is 15.6. The Morgan fingerprint density at radius 2 is 1.81 bits per heavy atom. The molecule has 26 heavy (non-hydrogen) atoms. The number of rotatable bonds is 5. The maximum atomic E-state index is 12.1. The third-order valence-electron chi connectivity index (χ3n) is 4.85. The highest BCUT2D eigenvalue weighted by atomic mass is 16.1. The Labute approximate surface area is 156 Å². The van der Waals surface area contributed by atoms with Crippen LogP contribution in [0.15, 0.2) is 54.6 Å². The van der Waals surface area contributed by atoms with Gasteiger partial charge in [0.25, 0.3) is 0 Å². The summed E-state index contributed by atoms with van der Waals surface area (Å²) in [6.45, 7) is 9.77. The lowest BCUT2D eigenvalue weighted by molar-refractivity contribution is -0.111. The molecule has 0 aliphatic carbocycles. The first kappa shape index (κ1) is 18.2. The molecule has 3 rings (SSSR count). The van der Waals surface area contributed by atoms with Gasteiger partial charge in [0.2, 0.25) is 5.91 Å². The average Bonchev–Trinajstić information content (AvgIpc) is 2.67. The predicted molar refractivity (Wildman–Crippen MR) is 110 cm³/mol. The number of amides is 1. The maximum absolute atomic E-state index is 12.1. The zero-order valence-corrected chi connectivity index (χ0v) is 15.6. The lowest BCUT2D eigenvalue weighted by Gasteiger charge is -2.36. The molecule has 0 unspecified atom stereocenters. The fourth-order valence-electron chi connectivity index (χ4n) is 3.31. The van der Waals surface area contributed by atoms with Crippen LogP contribution in [0.1, 0.15) is 18.1 Å². The smallest absolute Gasteiger partial charge is 0.248 e. The lowest BCUT2D eigenvalue weighted by Crippen LogP contribution is -2.46. The summed E-state index contributed by atoms with van der Waals surface area (Å²) in [6.07, 6.45) is 3.40. The number of aryl methyl sites for hydroxylation is 1. The van der Waals surface area contributed by atoms with E-state index in [0.717, 1.165) is 44.0 Å². The topological polar surface area (TPSA) is 35.6 Å². The minimum atomic E-state index is -0.113. The van der Waals surface area contributed by atoms with Crippen LogP contribution in [0.4, 0.5) is 11.4 Å². The predicted octanol–water partition coefficient (Wildman–Crippen LogP) is 3.79. The van der Waals surface area contributed by atoms with Gasteiger partial charge in [-0.25, -0.2) is 0 Å². The second kappa shape index (κ2) is 8.68. The fraction of sp³-hybridized carbons (Fsp3) is 0.318. The van der Waals surface area contributed by atoms with Crippen LogP contribution in [-0.2, 0) is 4.79 Å². The molecule has 2 aromatic carbocycles. The van der Waals surface area contributed by atoms with E-state index in [1.807, 2.05) is 42.5 Å². The Bertz CT molecular complexity index is 762. The van der Waals surface area contributed by atoms with Crippen LogP contribution in [0.2, 0.25) is 0 Å². The van der Waals surface area contributed by atoms with Gasteiger partial charge in [-0.2, -0.15) is 0 Å². The Morgan fingerprint density at radius 1 is 1.08 bits per heavy atom. The summed E-state index contributed by atoms with van der Waals surface area (Å²) in [4.78, 5) is 17.0. The number of nitrogens with one attached hydrogen (secondary N) is 1. The number of carbonyl (C=O) groups is 1. The van der Waals surface area contributed by atoms with E-state index in [4.69, 9.17) is 0 Å². The summed E-state index contributed by atoms with van der Waals surface area (Å²) < 4.78 is 0. The van der Waals surface area contributed by atoms with Crippen LogP contribution in [0.5, 0.6) is 0 Å². The fourth-order valence-corrected chi connectivity index (χ4v) is 3.31. The van der Waals surface area contributed by atoms with E-state index in [0.29, 0.717) is 0 Å². The maximum Gasteiger partial charge on any atom is 0.248 e. The molecule has 0 aromatic heterocycles. The van der Waals surface area contributed by atoms with Gasteiger partial charge in [-0.05, 0) is 48.9 Å². The van der Waals surface area contributed by atoms with E-state index in [2.05, 4.69) is 41.1 Å². The standard InChI is InChI=1S/C22H27N3O/c1-3-24-13-15-25(16-14-24)21-11-10-20(17-18(21)2)23-22(26)12-9-19-7-5-4-6-8-19/h4-12,17H,3,13-16H2,1-2H3,(H,23,26)/b12-9+. The molecule has 136 valence electrons. The van der Waals surface area contributed by atoms with Gasteiger partial charge in [0.1, 0.15) is 0 Å². The summed E-state index contributed by atoms with van der Waals surface area (Å²) in [5, 5.41) is 2.95. The first-order valence-corrected chi connectivity index (χ1v) is 9.28. The highest BCUT2D eigenvalue weighted by Gasteiger charge is 2.17. The molecule has 1 N–H and O–H groups in total. The second-order valence-corrected chi connectivity index (χ2v) is 6.66. The molecule has 0 saturated carbocycles. The number of nitrogens with zero attached hydrogens (tertiary/aromatic N) is 2. The molecule has 1 fully saturated rings. The van der Waals surface area contributed by atoms with E-state index in [1.54, 1.807) is 6.08 Å².